The summed E-state index contributed by atoms with van der Waals surface area (Å²) in [6, 6.07) is 0. The van der Waals surface area contributed by atoms with E-state index in [2.05, 4.69) is 6.42 Å². The van der Waals surface area contributed by atoms with E-state index in [1.165, 1.54) is 0 Å². The van der Waals surface area contributed by atoms with Crippen LogP contribution >= 0.6 is 0 Å². The fourth-order valence-corrected chi connectivity index (χ4v) is 0.910. The summed E-state index contributed by atoms with van der Waals surface area (Å²) in [6.45, 7) is 3.76. The lowest BCUT2D eigenvalue weighted by Crippen LogP contribution is -2.35. The van der Waals surface area contributed by atoms with Crippen LogP contribution in [0.3, 0.4) is 0 Å². The van der Waals surface area contributed by atoms with Crippen molar-refractivity contribution in [1.29, 1.82) is 0 Å². The Kier molecular flexibility index (Phi) is 1.31. The Balaban J connectivity index is 2.34. The maximum atomic E-state index is 9.32. The van der Waals surface area contributed by atoms with Crippen molar-refractivity contribution in [2.45, 2.75) is 32.3 Å². The lowest BCUT2D eigenvalue weighted by molar-refractivity contribution is -0.00155. The SMILES string of the molecule is CC(C)(O)C1C[CH]C1. The van der Waals surface area contributed by atoms with Crippen LogP contribution in [0, 0.1) is 12.3 Å². The predicted octanol–water partition coefficient (Wildman–Crippen LogP) is 1.37. The van der Waals surface area contributed by atoms with Crippen molar-refractivity contribution in [3.8, 4) is 0 Å². The Morgan fingerprint density at radius 2 is 2.00 bits per heavy atom. The number of aliphatic hydroxyl groups is 1. The topological polar surface area (TPSA) is 20.2 Å². The van der Waals surface area contributed by atoms with Gasteiger partial charge in [0, 0.05) is 0 Å². The van der Waals surface area contributed by atoms with Crippen molar-refractivity contribution < 1.29 is 5.11 Å². The van der Waals surface area contributed by atoms with Crippen LogP contribution in [0.25, 0.3) is 0 Å². The van der Waals surface area contributed by atoms with E-state index in [4.69, 9.17) is 0 Å². The van der Waals surface area contributed by atoms with Crippen LogP contribution in [0.2, 0.25) is 0 Å². The second-order valence-electron chi connectivity index (χ2n) is 3.11. The van der Waals surface area contributed by atoms with Crippen LogP contribution in [0.15, 0.2) is 0 Å². The maximum Gasteiger partial charge on any atom is 0.0620 e. The molecule has 1 nitrogen and oxygen atoms in total. The molecule has 0 bridgehead atoms. The maximum absolute atomic E-state index is 9.32. The second kappa shape index (κ2) is 1.73. The van der Waals surface area contributed by atoms with Crippen molar-refractivity contribution in [3.05, 3.63) is 6.42 Å². The smallest absolute Gasteiger partial charge is 0.0620 e. The molecular weight excluding hydrogens is 100 g/mol. The molecule has 0 amide bonds. The van der Waals surface area contributed by atoms with Crippen LogP contribution in [-0.2, 0) is 0 Å². The quantitative estimate of drug-likeness (QED) is 0.544. The van der Waals surface area contributed by atoms with Gasteiger partial charge in [0.05, 0.1) is 5.60 Å². The molecule has 1 heteroatoms. The third-order valence-corrected chi connectivity index (χ3v) is 1.90. The second-order valence-corrected chi connectivity index (χ2v) is 3.11. The molecule has 0 saturated heterocycles. The molecule has 47 valence electrons. The third-order valence-electron chi connectivity index (χ3n) is 1.90. The van der Waals surface area contributed by atoms with E-state index < -0.39 is 5.60 Å². The summed E-state index contributed by atoms with van der Waals surface area (Å²) >= 11 is 0. The molecule has 1 fully saturated rings. The van der Waals surface area contributed by atoms with Gasteiger partial charge in [-0.1, -0.05) is 0 Å². The Morgan fingerprint density at radius 1 is 1.50 bits per heavy atom. The monoisotopic (exact) mass is 113 g/mol. The molecule has 0 aromatic rings. The minimum absolute atomic E-state index is 0.436. The van der Waals surface area contributed by atoms with Gasteiger partial charge in [0.25, 0.3) is 0 Å². The number of hydrogen-bond acceptors (Lipinski definition) is 1. The Labute approximate surface area is 50.7 Å². The molecule has 1 saturated carbocycles. The van der Waals surface area contributed by atoms with Crippen LogP contribution in [0.4, 0.5) is 0 Å². The minimum atomic E-state index is -0.436. The van der Waals surface area contributed by atoms with Crippen LogP contribution in [0.5, 0.6) is 0 Å². The minimum Gasteiger partial charge on any atom is -0.390 e. The Morgan fingerprint density at radius 3 is 2.00 bits per heavy atom. The lowest BCUT2D eigenvalue weighted by Gasteiger charge is -2.35. The van der Waals surface area contributed by atoms with Gasteiger partial charge in [-0.05, 0) is 39.0 Å². The first-order valence-electron chi connectivity index (χ1n) is 3.15. The summed E-state index contributed by atoms with van der Waals surface area (Å²) < 4.78 is 0. The first-order valence-corrected chi connectivity index (χ1v) is 3.15. The van der Waals surface area contributed by atoms with Gasteiger partial charge >= 0.3 is 0 Å². The summed E-state index contributed by atoms with van der Waals surface area (Å²) in [5.41, 5.74) is -0.436. The highest BCUT2D eigenvalue weighted by Crippen LogP contribution is 2.34. The van der Waals surface area contributed by atoms with Crippen LogP contribution < -0.4 is 0 Å². The molecule has 1 rings (SSSR count). The van der Waals surface area contributed by atoms with E-state index in [1.807, 2.05) is 13.8 Å². The van der Waals surface area contributed by atoms with Crippen molar-refractivity contribution in [1.82, 2.24) is 0 Å². The van der Waals surface area contributed by atoms with Gasteiger partial charge in [0.2, 0.25) is 0 Å². The van der Waals surface area contributed by atoms with Gasteiger partial charge in [-0.15, -0.1) is 0 Å². The van der Waals surface area contributed by atoms with E-state index in [0.29, 0.717) is 5.92 Å². The fourth-order valence-electron chi connectivity index (χ4n) is 0.910. The fraction of sp³-hybridized carbons (Fsp3) is 0.857. The molecule has 0 aliphatic heterocycles. The highest BCUT2D eigenvalue weighted by Gasteiger charge is 2.31. The van der Waals surface area contributed by atoms with Gasteiger partial charge in [0.15, 0.2) is 0 Å². The molecular formula is C7H13O. The van der Waals surface area contributed by atoms with Gasteiger partial charge in [-0.2, -0.15) is 0 Å². The average Bonchev–Trinajstić information content (AvgIpc) is 1.16. The van der Waals surface area contributed by atoms with Crippen molar-refractivity contribution in [2.75, 3.05) is 0 Å². The molecule has 0 heterocycles. The molecule has 1 N–H and O–H groups in total. The largest absolute Gasteiger partial charge is 0.390 e. The van der Waals surface area contributed by atoms with E-state index >= 15 is 0 Å². The van der Waals surface area contributed by atoms with Crippen LogP contribution in [0.1, 0.15) is 26.7 Å². The summed E-state index contributed by atoms with van der Waals surface area (Å²) in [5.74, 6) is 0.530. The van der Waals surface area contributed by atoms with Gasteiger partial charge in [-0.3, -0.25) is 0 Å². The predicted molar refractivity (Wildman–Crippen MR) is 33.3 cm³/mol. The van der Waals surface area contributed by atoms with Crippen LogP contribution in [-0.4, -0.2) is 10.7 Å². The molecule has 0 spiro atoms. The third kappa shape index (κ3) is 1.03. The highest BCUT2D eigenvalue weighted by atomic mass is 16.3. The number of hydrogen-bond donors (Lipinski definition) is 1. The molecule has 1 aliphatic rings. The molecule has 0 aromatic carbocycles. The van der Waals surface area contributed by atoms with Crippen molar-refractivity contribution >= 4 is 0 Å². The average molecular weight is 113 g/mol. The zero-order chi connectivity index (χ0) is 6.20. The molecule has 1 aliphatic carbocycles. The number of rotatable bonds is 1. The van der Waals surface area contributed by atoms with Crippen molar-refractivity contribution in [3.63, 3.8) is 0 Å². The van der Waals surface area contributed by atoms with Gasteiger partial charge in [-0.25, -0.2) is 0 Å². The van der Waals surface area contributed by atoms with E-state index in [1.54, 1.807) is 0 Å². The molecule has 8 heavy (non-hydrogen) atoms. The molecule has 0 unspecified atom stereocenters. The van der Waals surface area contributed by atoms with E-state index in [0.717, 1.165) is 12.8 Å². The Bertz CT molecular complexity index is 76.9. The zero-order valence-corrected chi connectivity index (χ0v) is 5.52. The normalized spacial score (nSPS) is 22.9. The van der Waals surface area contributed by atoms with Gasteiger partial charge < -0.3 is 5.11 Å². The zero-order valence-electron chi connectivity index (χ0n) is 5.52. The first kappa shape index (κ1) is 6.09. The molecule has 0 atom stereocenters. The van der Waals surface area contributed by atoms with E-state index in [-0.39, 0.29) is 0 Å². The summed E-state index contributed by atoms with van der Waals surface area (Å²) in [7, 11) is 0. The van der Waals surface area contributed by atoms with Gasteiger partial charge in [0.1, 0.15) is 0 Å². The molecule has 0 aromatic heterocycles. The highest BCUT2D eigenvalue weighted by molar-refractivity contribution is 4.93. The molecule has 1 radical (unpaired) electrons. The van der Waals surface area contributed by atoms with Crippen molar-refractivity contribution in [2.24, 2.45) is 5.92 Å². The first-order chi connectivity index (χ1) is 3.61. The standard InChI is InChI=1S/C7H13O/c1-7(2,8)6-4-3-5-6/h3,6,8H,4-5H2,1-2H3. The lowest BCUT2D eigenvalue weighted by atomic mass is 9.75. The summed E-state index contributed by atoms with van der Waals surface area (Å²) in [6.07, 6.45) is 4.41. The summed E-state index contributed by atoms with van der Waals surface area (Å²) in [4.78, 5) is 0. The Hall–Kier alpha value is -0.0400. The summed E-state index contributed by atoms with van der Waals surface area (Å²) in [5, 5.41) is 9.32. The van der Waals surface area contributed by atoms with E-state index in [9.17, 15) is 5.11 Å².